The van der Waals surface area contributed by atoms with E-state index in [0.717, 1.165) is 10.5 Å². The van der Waals surface area contributed by atoms with E-state index in [-0.39, 0.29) is 0 Å². The zero-order chi connectivity index (χ0) is 17.9. The van der Waals surface area contributed by atoms with Gasteiger partial charge in [-0.05, 0) is 11.1 Å². The van der Waals surface area contributed by atoms with Crippen molar-refractivity contribution in [2.24, 2.45) is 0 Å². The molecular formula is C19H18N2O4. The molecule has 1 saturated heterocycles. The van der Waals surface area contributed by atoms with E-state index in [1.54, 1.807) is 12.1 Å². The van der Waals surface area contributed by atoms with Crippen LogP contribution in [0.3, 0.4) is 0 Å². The Labute approximate surface area is 145 Å². The summed E-state index contributed by atoms with van der Waals surface area (Å²) in [5.74, 6) is -1.11. The molecule has 1 atom stereocenters. The van der Waals surface area contributed by atoms with E-state index in [0.29, 0.717) is 12.0 Å². The molecule has 0 aromatic heterocycles. The first-order valence-electron chi connectivity index (χ1n) is 7.87. The topological polar surface area (TPSA) is 75.7 Å². The number of carbonyl (C=O) groups excluding carboxylic acids is 3. The van der Waals surface area contributed by atoms with Crippen molar-refractivity contribution in [2.75, 3.05) is 13.7 Å². The van der Waals surface area contributed by atoms with Crippen LogP contribution in [0.4, 0.5) is 4.79 Å². The number of nitrogens with one attached hydrogen (secondary N) is 1. The van der Waals surface area contributed by atoms with Crippen LogP contribution < -0.4 is 5.32 Å². The molecule has 1 unspecified atom stereocenters. The van der Waals surface area contributed by atoms with Crippen LogP contribution in [0.2, 0.25) is 0 Å². The van der Waals surface area contributed by atoms with Crippen LogP contribution in [0.25, 0.3) is 0 Å². The Bertz CT molecular complexity index is 792. The van der Waals surface area contributed by atoms with Gasteiger partial charge in [-0.3, -0.25) is 14.5 Å². The minimum absolute atomic E-state index is 0.292. The van der Waals surface area contributed by atoms with Crippen LogP contribution in [0.15, 0.2) is 60.7 Å². The zero-order valence-corrected chi connectivity index (χ0v) is 13.8. The average Bonchev–Trinajstić information content (AvgIpc) is 2.88. The highest BCUT2D eigenvalue weighted by molar-refractivity contribution is 6.09. The number of hydrogen-bond acceptors (Lipinski definition) is 4. The minimum Gasteiger partial charge on any atom is -0.468 e. The Hall–Kier alpha value is -3.15. The minimum atomic E-state index is -1.24. The molecule has 0 bridgehead atoms. The van der Waals surface area contributed by atoms with E-state index in [4.69, 9.17) is 0 Å². The third-order valence-corrected chi connectivity index (χ3v) is 4.27. The molecule has 6 heteroatoms. The Morgan fingerprint density at radius 1 is 1.04 bits per heavy atom. The van der Waals surface area contributed by atoms with Gasteiger partial charge in [-0.1, -0.05) is 60.7 Å². The number of carbonyl (C=O) groups is 3. The second kappa shape index (κ2) is 6.76. The van der Waals surface area contributed by atoms with Crippen LogP contribution in [-0.2, 0) is 26.3 Å². The highest BCUT2D eigenvalue weighted by Crippen LogP contribution is 2.32. The van der Waals surface area contributed by atoms with Crippen LogP contribution >= 0.6 is 0 Å². The molecule has 1 aliphatic heterocycles. The largest absolute Gasteiger partial charge is 0.468 e. The summed E-state index contributed by atoms with van der Waals surface area (Å²) in [5.41, 5.74) is 0.331. The van der Waals surface area contributed by atoms with Crippen molar-refractivity contribution < 1.29 is 19.1 Å². The van der Waals surface area contributed by atoms with E-state index in [2.05, 4.69) is 10.1 Å². The molecule has 25 heavy (non-hydrogen) atoms. The zero-order valence-electron chi connectivity index (χ0n) is 13.8. The first kappa shape index (κ1) is 16.7. The van der Waals surface area contributed by atoms with Gasteiger partial charge in [0.25, 0.3) is 5.91 Å². The van der Waals surface area contributed by atoms with Crippen molar-refractivity contribution in [1.82, 2.24) is 10.2 Å². The maximum Gasteiger partial charge on any atom is 0.325 e. The second-order valence-corrected chi connectivity index (χ2v) is 5.83. The molecule has 128 valence electrons. The SMILES string of the molecule is COC(=O)CN1C(=O)NC(Cc2ccccc2)(c2ccccc2)C1=O. The smallest absolute Gasteiger partial charge is 0.325 e. The van der Waals surface area contributed by atoms with Gasteiger partial charge in [0.15, 0.2) is 5.54 Å². The second-order valence-electron chi connectivity index (χ2n) is 5.83. The summed E-state index contributed by atoms with van der Waals surface area (Å²) in [6.45, 7) is -0.412. The predicted molar refractivity (Wildman–Crippen MR) is 90.5 cm³/mol. The number of urea groups is 1. The van der Waals surface area contributed by atoms with E-state index in [9.17, 15) is 14.4 Å². The van der Waals surface area contributed by atoms with Gasteiger partial charge in [0.1, 0.15) is 6.54 Å². The molecule has 1 N–H and O–H groups in total. The van der Waals surface area contributed by atoms with Gasteiger partial charge in [0.05, 0.1) is 7.11 Å². The van der Waals surface area contributed by atoms with Crippen LogP contribution in [0.1, 0.15) is 11.1 Å². The third-order valence-electron chi connectivity index (χ3n) is 4.27. The van der Waals surface area contributed by atoms with E-state index < -0.39 is 30.0 Å². The quantitative estimate of drug-likeness (QED) is 0.667. The molecule has 2 aromatic rings. The van der Waals surface area contributed by atoms with Gasteiger partial charge in [-0.2, -0.15) is 0 Å². The standard InChI is InChI=1S/C19H18N2O4/c1-25-16(22)13-21-17(23)19(20-18(21)24,15-10-6-3-7-11-15)12-14-8-4-2-5-9-14/h2-11H,12-13H2,1H3,(H,20,24). The van der Waals surface area contributed by atoms with Crippen LogP contribution in [0, 0.1) is 0 Å². The summed E-state index contributed by atoms with van der Waals surface area (Å²) in [5, 5.41) is 2.79. The van der Waals surface area contributed by atoms with Gasteiger partial charge in [-0.25, -0.2) is 4.79 Å². The number of hydrogen-bond donors (Lipinski definition) is 1. The molecule has 3 rings (SSSR count). The molecule has 0 saturated carbocycles. The molecule has 2 aromatic carbocycles. The molecule has 3 amide bonds. The van der Waals surface area contributed by atoms with Crippen molar-refractivity contribution in [3.8, 4) is 0 Å². The van der Waals surface area contributed by atoms with Gasteiger partial charge in [0, 0.05) is 6.42 Å². The Balaban J connectivity index is 2.02. The van der Waals surface area contributed by atoms with Crippen molar-refractivity contribution in [3.63, 3.8) is 0 Å². The monoisotopic (exact) mass is 338 g/mol. The lowest BCUT2D eigenvalue weighted by Crippen LogP contribution is -2.46. The normalized spacial score (nSPS) is 19.6. The van der Waals surface area contributed by atoms with E-state index in [1.807, 2.05) is 48.5 Å². The third kappa shape index (κ3) is 3.10. The maximum absolute atomic E-state index is 13.1. The van der Waals surface area contributed by atoms with Crippen molar-refractivity contribution in [2.45, 2.75) is 12.0 Å². The van der Waals surface area contributed by atoms with E-state index >= 15 is 0 Å². The molecule has 1 aliphatic rings. The lowest BCUT2D eigenvalue weighted by Gasteiger charge is -2.27. The van der Waals surface area contributed by atoms with Crippen LogP contribution in [0.5, 0.6) is 0 Å². The Morgan fingerprint density at radius 2 is 1.64 bits per heavy atom. The fourth-order valence-corrected chi connectivity index (χ4v) is 3.01. The molecule has 0 aliphatic carbocycles. The highest BCUT2D eigenvalue weighted by atomic mass is 16.5. The summed E-state index contributed by atoms with van der Waals surface area (Å²) in [6, 6.07) is 17.9. The fourth-order valence-electron chi connectivity index (χ4n) is 3.01. The van der Waals surface area contributed by atoms with Gasteiger partial charge in [0.2, 0.25) is 0 Å². The van der Waals surface area contributed by atoms with E-state index in [1.165, 1.54) is 7.11 Å². The van der Waals surface area contributed by atoms with Crippen molar-refractivity contribution in [3.05, 3.63) is 71.8 Å². The molecular weight excluding hydrogens is 320 g/mol. The number of esters is 1. The number of methoxy groups -OCH3 is 1. The number of rotatable bonds is 5. The van der Waals surface area contributed by atoms with Crippen molar-refractivity contribution in [1.29, 1.82) is 0 Å². The summed E-state index contributed by atoms with van der Waals surface area (Å²) >= 11 is 0. The van der Waals surface area contributed by atoms with Crippen LogP contribution in [-0.4, -0.2) is 36.5 Å². The highest BCUT2D eigenvalue weighted by Gasteiger charge is 2.52. The van der Waals surface area contributed by atoms with Gasteiger partial charge >= 0.3 is 12.0 Å². The first-order valence-corrected chi connectivity index (χ1v) is 7.87. The predicted octanol–water partition coefficient (Wildman–Crippen LogP) is 1.85. The fraction of sp³-hybridized carbons (Fsp3) is 0.211. The number of amides is 3. The number of imide groups is 1. The summed E-state index contributed by atoms with van der Waals surface area (Å²) in [4.78, 5) is 38.0. The Morgan fingerprint density at radius 3 is 2.24 bits per heavy atom. The molecule has 1 heterocycles. The lowest BCUT2D eigenvalue weighted by atomic mass is 9.83. The summed E-state index contributed by atoms with van der Waals surface area (Å²) in [7, 11) is 1.22. The summed E-state index contributed by atoms with van der Waals surface area (Å²) < 4.78 is 4.59. The number of benzene rings is 2. The van der Waals surface area contributed by atoms with Crippen molar-refractivity contribution >= 4 is 17.9 Å². The first-order chi connectivity index (χ1) is 12.1. The molecule has 0 spiro atoms. The summed E-state index contributed by atoms with van der Waals surface area (Å²) in [6.07, 6.45) is 0.292. The molecule has 1 fully saturated rings. The Kier molecular flexibility index (Phi) is 4.52. The van der Waals surface area contributed by atoms with Gasteiger partial charge in [-0.15, -0.1) is 0 Å². The van der Waals surface area contributed by atoms with Gasteiger partial charge < -0.3 is 10.1 Å². The maximum atomic E-state index is 13.1. The molecule has 6 nitrogen and oxygen atoms in total. The number of nitrogens with zero attached hydrogens (tertiary/aromatic N) is 1. The average molecular weight is 338 g/mol. The lowest BCUT2D eigenvalue weighted by molar-refractivity contribution is -0.145. The number of ether oxygens (including phenoxy) is 1. The molecule has 0 radical (unpaired) electrons.